The van der Waals surface area contributed by atoms with Crippen molar-refractivity contribution in [2.75, 3.05) is 26.4 Å². The molecule has 0 heterocycles. The molecule has 0 radical (unpaired) electrons. The van der Waals surface area contributed by atoms with Crippen molar-refractivity contribution in [1.82, 2.24) is 0 Å². The lowest BCUT2D eigenvalue weighted by molar-refractivity contribution is -0.0692. The maximum atomic E-state index is 12.7. The monoisotopic (exact) mass is 1040 g/mol. The first kappa shape index (κ1) is 59.4. The number of hydrogen-bond donors (Lipinski definition) is 6. The van der Waals surface area contributed by atoms with Gasteiger partial charge in [0.15, 0.2) is 23.1 Å². The summed E-state index contributed by atoms with van der Waals surface area (Å²) in [6, 6.07) is 27.0. The van der Waals surface area contributed by atoms with Crippen LogP contribution in [0, 0.1) is 11.8 Å². The van der Waals surface area contributed by atoms with Gasteiger partial charge >= 0.3 is 0 Å². The molecule has 0 amide bonds. The molecular formula is C61H80O14. The van der Waals surface area contributed by atoms with Gasteiger partial charge in [-0.3, -0.25) is 19.2 Å². The molecule has 0 spiro atoms. The Labute approximate surface area is 442 Å². The van der Waals surface area contributed by atoms with E-state index in [0.717, 1.165) is 57.8 Å². The van der Waals surface area contributed by atoms with Gasteiger partial charge in [0.2, 0.25) is 0 Å². The number of Topliss-reactive ketones (excluding diaryl/α,β-unsaturated/α-hetero) is 4. The highest BCUT2D eigenvalue weighted by Crippen LogP contribution is 2.37. The summed E-state index contributed by atoms with van der Waals surface area (Å²) >= 11 is 0. The number of hydrogen-bond acceptors (Lipinski definition) is 14. The van der Waals surface area contributed by atoms with Crippen LogP contribution in [0.2, 0.25) is 0 Å². The second-order valence-electron chi connectivity index (χ2n) is 23.0. The van der Waals surface area contributed by atoms with Crippen LogP contribution in [0.4, 0.5) is 0 Å². The summed E-state index contributed by atoms with van der Waals surface area (Å²) in [6.45, 7) is 11.6. The molecule has 2 unspecified atom stereocenters. The molecule has 14 heteroatoms. The van der Waals surface area contributed by atoms with Gasteiger partial charge < -0.3 is 49.6 Å². The van der Waals surface area contributed by atoms with Crippen molar-refractivity contribution in [2.45, 2.75) is 172 Å². The first-order valence-electron chi connectivity index (χ1n) is 26.5. The number of rotatable bonds is 26. The normalized spacial score (nSPS) is 19.7. The molecule has 2 fully saturated rings. The Morgan fingerprint density at radius 3 is 0.840 bits per heavy atom. The Bertz CT molecular complexity index is 2160. The minimum Gasteiger partial charge on any atom is -0.388 e. The molecule has 2 aliphatic rings. The predicted octanol–water partition coefficient (Wildman–Crippen LogP) is 8.68. The fourth-order valence-corrected chi connectivity index (χ4v) is 9.96. The summed E-state index contributed by atoms with van der Waals surface area (Å²) in [7, 11) is 0. The topological polar surface area (TPSA) is 227 Å². The molecule has 0 aromatic heterocycles. The second kappa shape index (κ2) is 25.5. The lowest BCUT2D eigenvalue weighted by Gasteiger charge is -2.34. The van der Waals surface area contributed by atoms with E-state index in [0.29, 0.717) is 56.3 Å². The lowest BCUT2D eigenvalue weighted by atomic mass is 9.76. The molecule has 2 aliphatic carbocycles. The Morgan fingerprint density at radius 1 is 0.400 bits per heavy atom. The van der Waals surface area contributed by atoms with E-state index in [2.05, 4.69) is 0 Å². The summed E-state index contributed by atoms with van der Waals surface area (Å²) in [6.07, 6.45) is 5.92. The molecule has 2 saturated carbocycles. The van der Waals surface area contributed by atoms with Gasteiger partial charge in [0.25, 0.3) is 0 Å². The molecule has 408 valence electrons. The number of aliphatic hydroxyl groups excluding tert-OH is 2. The van der Waals surface area contributed by atoms with E-state index in [1.165, 1.54) is 55.4 Å². The average molecular weight is 1040 g/mol. The van der Waals surface area contributed by atoms with E-state index in [4.69, 9.17) is 18.9 Å². The fraction of sp³-hybridized carbons (Fsp3) is 0.541. The molecule has 14 nitrogen and oxygen atoms in total. The Morgan fingerprint density at radius 2 is 0.627 bits per heavy atom. The number of ether oxygens (including phenoxy) is 4. The summed E-state index contributed by atoms with van der Waals surface area (Å²) in [5.74, 6) is -0.475. The molecule has 75 heavy (non-hydrogen) atoms. The highest BCUT2D eigenvalue weighted by Gasteiger charge is 2.32. The van der Waals surface area contributed by atoms with Gasteiger partial charge in [-0.05, 0) is 147 Å². The summed E-state index contributed by atoms with van der Waals surface area (Å²) in [5.41, 5.74) is -1.93. The zero-order valence-corrected chi connectivity index (χ0v) is 45.0. The van der Waals surface area contributed by atoms with E-state index in [1.807, 2.05) is 0 Å². The maximum absolute atomic E-state index is 12.7. The van der Waals surface area contributed by atoms with Crippen molar-refractivity contribution < 1.29 is 68.8 Å². The number of carbonyl (C=O) groups is 4. The third-order valence-corrected chi connectivity index (χ3v) is 14.3. The first-order chi connectivity index (χ1) is 35.2. The van der Waals surface area contributed by atoms with Crippen LogP contribution in [0.15, 0.2) is 97.1 Å². The van der Waals surface area contributed by atoms with Gasteiger partial charge in [-0.25, -0.2) is 0 Å². The molecule has 6 N–H and O–H groups in total. The molecule has 6 rings (SSSR count). The van der Waals surface area contributed by atoms with Crippen molar-refractivity contribution in [3.8, 4) is 0 Å². The van der Waals surface area contributed by atoms with Crippen molar-refractivity contribution in [1.29, 1.82) is 0 Å². The third-order valence-electron chi connectivity index (χ3n) is 14.3. The van der Waals surface area contributed by atoms with Gasteiger partial charge in [-0.1, -0.05) is 97.1 Å². The van der Waals surface area contributed by atoms with Crippen LogP contribution in [0.5, 0.6) is 0 Å². The molecule has 2 atom stereocenters. The van der Waals surface area contributed by atoms with Crippen molar-refractivity contribution in [3.05, 3.63) is 142 Å². The molecule has 4 aromatic carbocycles. The minimum atomic E-state index is -1.53. The van der Waals surface area contributed by atoms with Gasteiger partial charge in [-0.2, -0.15) is 0 Å². The Balaban J connectivity index is 0.926. The van der Waals surface area contributed by atoms with Crippen LogP contribution < -0.4 is 0 Å². The molecular weight excluding hydrogens is 957 g/mol. The van der Waals surface area contributed by atoms with E-state index < -0.39 is 70.0 Å². The fourth-order valence-electron chi connectivity index (χ4n) is 9.96. The van der Waals surface area contributed by atoms with Crippen molar-refractivity contribution in [3.63, 3.8) is 0 Å². The molecule has 0 saturated heterocycles. The van der Waals surface area contributed by atoms with Crippen LogP contribution in [0.25, 0.3) is 0 Å². The third kappa shape index (κ3) is 17.1. The Kier molecular flexibility index (Phi) is 20.2. The predicted molar refractivity (Wildman–Crippen MR) is 284 cm³/mol. The van der Waals surface area contributed by atoms with Gasteiger partial charge in [0.05, 0.1) is 38.6 Å². The van der Waals surface area contributed by atoms with Gasteiger partial charge in [0.1, 0.15) is 46.8 Å². The summed E-state index contributed by atoms with van der Waals surface area (Å²) in [5, 5.41) is 63.1. The van der Waals surface area contributed by atoms with Crippen LogP contribution >= 0.6 is 0 Å². The van der Waals surface area contributed by atoms with E-state index >= 15 is 0 Å². The number of carbonyl (C=O) groups excluding carboxylic acids is 4. The zero-order chi connectivity index (χ0) is 54.9. The zero-order valence-electron chi connectivity index (χ0n) is 45.0. The molecule has 4 aromatic rings. The van der Waals surface area contributed by atoms with Crippen molar-refractivity contribution in [2.24, 2.45) is 11.8 Å². The quantitative estimate of drug-likeness (QED) is 0.0324. The van der Waals surface area contributed by atoms with E-state index in [1.54, 1.807) is 97.1 Å². The number of ketones is 4. The number of benzene rings is 4. The maximum Gasteiger partial charge on any atom is 0.193 e. The molecule has 0 aliphatic heterocycles. The van der Waals surface area contributed by atoms with Gasteiger partial charge in [0, 0.05) is 22.3 Å². The average Bonchev–Trinajstić information content (AvgIpc) is 3.37. The standard InChI is InChI=1S/C61H80O14/c1-58(2,68)54(64)44-21-13-40(14-22-44)52(41-15-23-45(24-16-41)55(65)59(3,4)69)74-36-48(62)34-72-50-29-9-38(10-30-50)33-39-11-31-51(32-12-39)73-35-49(63)37-75-53(42-17-25-46(26-18-42)56(66)60(5,6)70)43-19-27-47(28-20-43)57(67)61(7,8)71/h13-28,38-39,48-53,62-63,68-71H,9-12,29-37H2,1-8H3. The molecule has 0 bridgehead atoms. The highest BCUT2D eigenvalue weighted by molar-refractivity contribution is 6.03. The SMILES string of the molecule is CC(C)(O)C(=O)c1ccc(C(OCC(O)COC2CCC(CC3CCC(OCC(O)COC(c4ccc(C(=O)C(C)(C)O)cc4)c4ccc(C(=O)C(C)(C)O)cc4)CC3)CC2)c2ccc(C(=O)C(C)(C)O)cc2)cc1. The van der Waals surface area contributed by atoms with E-state index in [-0.39, 0.29) is 38.6 Å². The van der Waals surface area contributed by atoms with Crippen LogP contribution in [-0.4, -0.2) is 127 Å². The lowest BCUT2D eigenvalue weighted by Crippen LogP contribution is -2.31. The van der Waals surface area contributed by atoms with Gasteiger partial charge in [-0.15, -0.1) is 0 Å². The second-order valence-corrected chi connectivity index (χ2v) is 23.0. The van der Waals surface area contributed by atoms with Crippen molar-refractivity contribution >= 4 is 23.1 Å². The van der Waals surface area contributed by atoms with Crippen LogP contribution in [-0.2, 0) is 18.9 Å². The summed E-state index contributed by atoms with van der Waals surface area (Å²) in [4.78, 5) is 50.8. The van der Waals surface area contributed by atoms with E-state index in [9.17, 15) is 49.8 Å². The number of aliphatic hydroxyl groups is 6. The smallest absolute Gasteiger partial charge is 0.193 e. The Hall–Kier alpha value is -4.84. The largest absolute Gasteiger partial charge is 0.388 e. The first-order valence-corrected chi connectivity index (χ1v) is 26.5. The summed E-state index contributed by atoms with van der Waals surface area (Å²) < 4.78 is 25.1. The minimum absolute atomic E-state index is 0.0355. The highest BCUT2D eigenvalue weighted by atomic mass is 16.5. The van der Waals surface area contributed by atoms with Crippen LogP contribution in [0.1, 0.15) is 189 Å². The van der Waals surface area contributed by atoms with Crippen LogP contribution in [0.3, 0.4) is 0 Å².